The Hall–Kier alpha value is -3.86. The van der Waals surface area contributed by atoms with Crippen LogP contribution in [0.1, 0.15) is 56.2 Å². The number of carbonyl (C=O) groups excluding carboxylic acids is 1. The van der Waals surface area contributed by atoms with E-state index >= 15 is 0 Å². The summed E-state index contributed by atoms with van der Waals surface area (Å²) in [6.45, 7) is 10.5. The molecule has 0 atom stereocenters. The molecule has 4 rings (SSSR count). The minimum absolute atomic E-state index is 0.270. The summed E-state index contributed by atoms with van der Waals surface area (Å²) in [5, 5.41) is 6.02. The number of aryl methyl sites for hydroxylation is 1. The molecular weight excluding hydrogens is 422 g/mol. The number of nitrogens with zero attached hydrogens (tertiary/aromatic N) is 1. The average Bonchev–Trinajstić information content (AvgIpc) is 3.23. The number of hydrogen-bond donors (Lipinski definition) is 2. The second kappa shape index (κ2) is 9.96. The van der Waals surface area contributed by atoms with Crippen molar-refractivity contribution < 1.29 is 9.21 Å². The predicted molar refractivity (Wildman–Crippen MR) is 139 cm³/mol. The van der Waals surface area contributed by atoms with E-state index in [0.717, 1.165) is 33.5 Å². The van der Waals surface area contributed by atoms with E-state index in [1.807, 2.05) is 67.6 Å². The second-order valence-electron chi connectivity index (χ2n) is 9.08. The smallest absolute Gasteiger partial charge is 0.326 e. The quantitative estimate of drug-likeness (QED) is 0.309. The molecular formula is C29H31N3O2. The molecule has 2 amide bonds. The van der Waals surface area contributed by atoms with Gasteiger partial charge in [0.15, 0.2) is 0 Å². The maximum Gasteiger partial charge on any atom is 0.326 e. The molecule has 5 nitrogen and oxygen atoms in total. The summed E-state index contributed by atoms with van der Waals surface area (Å²) in [5.74, 6) is 1.32. The molecule has 0 spiro atoms. The second-order valence-corrected chi connectivity index (χ2v) is 9.08. The van der Waals surface area contributed by atoms with Crippen molar-refractivity contribution in [1.29, 1.82) is 0 Å². The molecule has 4 aromatic rings. The van der Waals surface area contributed by atoms with Crippen molar-refractivity contribution in [3.63, 3.8) is 0 Å². The van der Waals surface area contributed by atoms with E-state index < -0.39 is 0 Å². The van der Waals surface area contributed by atoms with E-state index in [2.05, 4.69) is 50.5 Å². The molecule has 0 bridgehead atoms. The maximum atomic E-state index is 13.2. The molecule has 0 aliphatic carbocycles. The number of benzene rings is 3. The van der Waals surface area contributed by atoms with Gasteiger partial charge >= 0.3 is 6.03 Å². The van der Waals surface area contributed by atoms with Crippen LogP contribution in [0.25, 0.3) is 22.7 Å². The van der Waals surface area contributed by atoms with Gasteiger partial charge in [-0.25, -0.2) is 9.78 Å². The number of amides is 2. The largest absolute Gasteiger partial charge is 0.420 e. The molecule has 3 aromatic carbocycles. The number of nitrogens with one attached hydrogen (secondary N) is 2. The van der Waals surface area contributed by atoms with E-state index in [-0.39, 0.29) is 17.9 Å². The Morgan fingerprint density at radius 3 is 2.03 bits per heavy atom. The van der Waals surface area contributed by atoms with Crippen LogP contribution in [0.15, 0.2) is 77.2 Å². The minimum Gasteiger partial charge on any atom is -0.420 e. The first kappa shape index (κ1) is 23.3. The lowest BCUT2D eigenvalue weighted by molar-refractivity contribution is 0.261. The van der Waals surface area contributed by atoms with Gasteiger partial charge in [0, 0.05) is 16.8 Å². The summed E-state index contributed by atoms with van der Waals surface area (Å²) in [7, 11) is 0. The van der Waals surface area contributed by atoms with Gasteiger partial charge < -0.3 is 9.73 Å². The van der Waals surface area contributed by atoms with Gasteiger partial charge in [0.25, 0.3) is 0 Å². The number of carbonyl (C=O) groups is 1. The molecule has 174 valence electrons. The first-order valence-corrected chi connectivity index (χ1v) is 11.7. The van der Waals surface area contributed by atoms with Gasteiger partial charge in [-0.1, -0.05) is 88.4 Å². The highest BCUT2D eigenvalue weighted by molar-refractivity contribution is 6.02. The number of urea groups is 1. The summed E-state index contributed by atoms with van der Waals surface area (Å²) in [5.41, 5.74) is 6.46. The van der Waals surface area contributed by atoms with Crippen LogP contribution in [0.5, 0.6) is 0 Å². The Kier molecular flexibility index (Phi) is 6.82. The van der Waals surface area contributed by atoms with Crippen molar-refractivity contribution >= 4 is 17.6 Å². The van der Waals surface area contributed by atoms with Crippen molar-refractivity contribution in [2.45, 2.75) is 46.5 Å². The van der Waals surface area contributed by atoms with E-state index in [1.165, 1.54) is 0 Å². The Bertz CT molecular complexity index is 1260. The van der Waals surface area contributed by atoms with Crippen molar-refractivity contribution in [1.82, 2.24) is 4.98 Å². The van der Waals surface area contributed by atoms with Crippen LogP contribution >= 0.6 is 0 Å². The van der Waals surface area contributed by atoms with E-state index in [9.17, 15) is 4.79 Å². The molecule has 0 aliphatic heterocycles. The summed E-state index contributed by atoms with van der Waals surface area (Å²) in [4.78, 5) is 18.0. The number of oxazole rings is 1. The molecule has 0 unspecified atom stereocenters. The van der Waals surface area contributed by atoms with Gasteiger partial charge in [0.2, 0.25) is 11.8 Å². The summed E-state index contributed by atoms with van der Waals surface area (Å²) in [6, 6.07) is 23.4. The highest BCUT2D eigenvalue weighted by Crippen LogP contribution is 2.36. The number of rotatable bonds is 6. The van der Waals surface area contributed by atoms with Gasteiger partial charge in [0.1, 0.15) is 5.69 Å². The molecule has 34 heavy (non-hydrogen) atoms. The highest BCUT2D eigenvalue weighted by atomic mass is 16.4. The summed E-state index contributed by atoms with van der Waals surface area (Å²) >= 11 is 0. The minimum atomic E-state index is -0.361. The van der Waals surface area contributed by atoms with Crippen molar-refractivity contribution in [3.05, 3.63) is 89.5 Å². The SMILES string of the molecule is Cc1ccccc1-c1nc(-c2ccccc2)oc1NC(=O)Nc1c(C(C)C)cccc1C(C)C. The standard InChI is InChI=1S/C29H31N3O2/c1-18(2)22-16-11-17-23(19(3)4)25(22)31-29(33)32-28-26(24-15-10-9-12-20(24)5)30-27(34-28)21-13-7-6-8-14-21/h6-19H,1-5H3,(H2,31,32,33). The van der Waals surface area contributed by atoms with Crippen LogP contribution in [0.3, 0.4) is 0 Å². The lowest BCUT2D eigenvalue weighted by Crippen LogP contribution is -2.22. The van der Waals surface area contributed by atoms with Crippen LogP contribution in [-0.2, 0) is 0 Å². The first-order chi connectivity index (χ1) is 16.3. The van der Waals surface area contributed by atoms with Gasteiger partial charge in [-0.3, -0.25) is 5.32 Å². The Labute approximate surface area is 201 Å². The third kappa shape index (κ3) is 4.88. The fourth-order valence-electron chi connectivity index (χ4n) is 4.07. The normalized spacial score (nSPS) is 11.1. The number of para-hydroxylation sites is 1. The van der Waals surface area contributed by atoms with Crippen molar-refractivity contribution in [2.24, 2.45) is 0 Å². The average molecular weight is 454 g/mol. The van der Waals surface area contributed by atoms with E-state index in [1.54, 1.807) is 0 Å². The van der Waals surface area contributed by atoms with Crippen LogP contribution < -0.4 is 10.6 Å². The molecule has 1 heterocycles. The van der Waals surface area contributed by atoms with Crippen LogP contribution in [0, 0.1) is 6.92 Å². The summed E-state index contributed by atoms with van der Waals surface area (Å²) < 4.78 is 6.09. The molecule has 1 aromatic heterocycles. The number of anilines is 2. The molecule has 5 heteroatoms. The lowest BCUT2D eigenvalue weighted by atomic mass is 9.93. The lowest BCUT2D eigenvalue weighted by Gasteiger charge is -2.20. The van der Waals surface area contributed by atoms with Crippen LogP contribution in [0.4, 0.5) is 16.4 Å². The van der Waals surface area contributed by atoms with Crippen LogP contribution in [-0.4, -0.2) is 11.0 Å². The number of hydrogen-bond acceptors (Lipinski definition) is 3. The highest BCUT2D eigenvalue weighted by Gasteiger charge is 2.21. The third-order valence-corrected chi connectivity index (χ3v) is 5.89. The predicted octanol–water partition coefficient (Wildman–Crippen LogP) is 8.21. The van der Waals surface area contributed by atoms with E-state index in [0.29, 0.717) is 17.5 Å². The zero-order chi connectivity index (χ0) is 24.2. The maximum absolute atomic E-state index is 13.2. The van der Waals surface area contributed by atoms with E-state index in [4.69, 9.17) is 9.40 Å². The summed E-state index contributed by atoms with van der Waals surface area (Å²) in [6.07, 6.45) is 0. The third-order valence-electron chi connectivity index (χ3n) is 5.89. The van der Waals surface area contributed by atoms with Crippen LogP contribution in [0.2, 0.25) is 0 Å². The molecule has 0 saturated heterocycles. The van der Waals surface area contributed by atoms with Gasteiger partial charge in [-0.05, 0) is 47.6 Å². The molecule has 2 N–H and O–H groups in total. The zero-order valence-corrected chi connectivity index (χ0v) is 20.3. The number of aromatic nitrogens is 1. The molecule has 0 saturated carbocycles. The van der Waals surface area contributed by atoms with Gasteiger partial charge in [-0.15, -0.1) is 0 Å². The molecule has 0 radical (unpaired) electrons. The topological polar surface area (TPSA) is 67.2 Å². The Morgan fingerprint density at radius 1 is 0.794 bits per heavy atom. The zero-order valence-electron chi connectivity index (χ0n) is 20.3. The Balaban J connectivity index is 1.71. The monoisotopic (exact) mass is 453 g/mol. The first-order valence-electron chi connectivity index (χ1n) is 11.7. The van der Waals surface area contributed by atoms with Gasteiger partial charge in [-0.2, -0.15) is 0 Å². The van der Waals surface area contributed by atoms with Crippen molar-refractivity contribution in [3.8, 4) is 22.7 Å². The van der Waals surface area contributed by atoms with Gasteiger partial charge in [0.05, 0.1) is 0 Å². The molecule has 0 fully saturated rings. The van der Waals surface area contributed by atoms with Crippen molar-refractivity contribution in [2.75, 3.05) is 10.6 Å². The fourth-order valence-corrected chi connectivity index (χ4v) is 4.07. The Morgan fingerprint density at radius 2 is 1.41 bits per heavy atom. The molecule has 0 aliphatic rings. The fraction of sp³-hybridized carbons (Fsp3) is 0.241.